The molecule has 3 heterocycles. The SMILES string of the molecule is Cn1c(SCC(=O)N2CCN(S(=O)(=O)c3ccccc3F)CC2)nnc1-c1cccs1. The van der Waals surface area contributed by atoms with Gasteiger partial charge in [-0.05, 0) is 23.6 Å². The smallest absolute Gasteiger partial charge is 0.246 e. The van der Waals surface area contributed by atoms with E-state index in [1.54, 1.807) is 16.2 Å². The molecule has 0 bridgehead atoms. The summed E-state index contributed by atoms with van der Waals surface area (Å²) in [5, 5.41) is 11.0. The Hall–Kier alpha value is -2.28. The highest BCUT2D eigenvalue weighted by Gasteiger charge is 2.31. The topological polar surface area (TPSA) is 88.4 Å². The zero-order valence-corrected chi connectivity index (χ0v) is 19.1. The Labute approximate surface area is 187 Å². The van der Waals surface area contributed by atoms with E-state index in [1.165, 1.54) is 34.3 Å². The Kier molecular flexibility index (Phi) is 6.42. The molecule has 12 heteroatoms. The monoisotopic (exact) mass is 481 g/mol. The van der Waals surface area contributed by atoms with Crippen LogP contribution in [0, 0.1) is 5.82 Å². The molecule has 2 aromatic heterocycles. The van der Waals surface area contributed by atoms with Gasteiger partial charge in [0.25, 0.3) is 0 Å². The molecule has 1 saturated heterocycles. The van der Waals surface area contributed by atoms with Gasteiger partial charge in [-0.2, -0.15) is 4.31 Å². The third-order valence-electron chi connectivity index (χ3n) is 4.95. The van der Waals surface area contributed by atoms with Gasteiger partial charge in [-0.25, -0.2) is 12.8 Å². The average molecular weight is 482 g/mol. The van der Waals surface area contributed by atoms with E-state index in [2.05, 4.69) is 10.2 Å². The fourth-order valence-corrected chi connectivity index (χ4v) is 6.29. The number of sulfonamides is 1. The Morgan fingerprint density at radius 1 is 1.13 bits per heavy atom. The Bertz CT molecular complexity index is 1170. The van der Waals surface area contributed by atoms with Gasteiger partial charge in [0.1, 0.15) is 10.7 Å². The quantitative estimate of drug-likeness (QED) is 0.502. The summed E-state index contributed by atoms with van der Waals surface area (Å²) in [5.74, 6) is 0.0461. The Morgan fingerprint density at radius 3 is 2.55 bits per heavy atom. The molecule has 1 fully saturated rings. The first kappa shape index (κ1) is 21.9. The number of thioether (sulfide) groups is 1. The summed E-state index contributed by atoms with van der Waals surface area (Å²) >= 11 is 2.86. The fourth-order valence-electron chi connectivity index (χ4n) is 3.25. The number of amides is 1. The molecule has 0 atom stereocenters. The van der Waals surface area contributed by atoms with Gasteiger partial charge >= 0.3 is 0 Å². The summed E-state index contributed by atoms with van der Waals surface area (Å²) in [7, 11) is -2.07. The number of halogens is 1. The van der Waals surface area contributed by atoms with Gasteiger partial charge in [0.2, 0.25) is 15.9 Å². The molecule has 4 rings (SSSR count). The van der Waals surface area contributed by atoms with Crippen molar-refractivity contribution in [3.63, 3.8) is 0 Å². The van der Waals surface area contributed by atoms with E-state index in [4.69, 9.17) is 0 Å². The van der Waals surface area contributed by atoms with E-state index in [9.17, 15) is 17.6 Å². The van der Waals surface area contributed by atoms with Gasteiger partial charge in [0.05, 0.1) is 10.6 Å². The molecule has 0 unspecified atom stereocenters. The Morgan fingerprint density at radius 2 is 1.87 bits per heavy atom. The van der Waals surface area contributed by atoms with E-state index < -0.39 is 15.8 Å². The molecule has 31 heavy (non-hydrogen) atoms. The average Bonchev–Trinajstić information content (AvgIpc) is 3.42. The predicted octanol–water partition coefficient (Wildman–Crippen LogP) is 2.31. The number of carbonyl (C=O) groups excluding carboxylic acids is 1. The largest absolute Gasteiger partial charge is 0.339 e. The van der Waals surface area contributed by atoms with Crippen LogP contribution < -0.4 is 0 Å². The minimum Gasteiger partial charge on any atom is -0.339 e. The number of benzene rings is 1. The molecule has 3 aromatic rings. The minimum absolute atomic E-state index is 0.103. The molecular formula is C19H20FN5O3S3. The number of hydrogen-bond donors (Lipinski definition) is 0. The lowest BCUT2D eigenvalue weighted by molar-refractivity contribution is -0.129. The van der Waals surface area contributed by atoms with Gasteiger partial charge in [-0.1, -0.05) is 30.0 Å². The van der Waals surface area contributed by atoms with Crippen LogP contribution in [0.5, 0.6) is 0 Å². The number of piperazine rings is 1. The van der Waals surface area contributed by atoms with Crippen molar-refractivity contribution in [2.45, 2.75) is 10.1 Å². The van der Waals surface area contributed by atoms with Crippen LogP contribution in [-0.4, -0.2) is 70.2 Å². The molecule has 0 N–H and O–H groups in total. The van der Waals surface area contributed by atoms with Crippen LogP contribution in [0.2, 0.25) is 0 Å². The molecule has 1 aliphatic rings. The molecule has 8 nitrogen and oxygen atoms in total. The first-order chi connectivity index (χ1) is 14.9. The highest BCUT2D eigenvalue weighted by Crippen LogP contribution is 2.26. The first-order valence-corrected chi connectivity index (χ1v) is 12.8. The third-order valence-corrected chi connectivity index (χ3v) is 8.75. The van der Waals surface area contributed by atoms with Crippen LogP contribution in [0.25, 0.3) is 10.7 Å². The van der Waals surface area contributed by atoms with E-state index in [0.717, 1.165) is 16.8 Å². The van der Waals surface area contributed by atoms with Crippen LogP contribution in [0.1, 0.15) is 0 Å². The van der Waals surface area contributed by atoms with Crippen LogP contribution in [-0.2, 0) is 21.9 Å². The van der Waals surface area contributed by atoms with Crippen LogP contribution in [0.3, 0.4) is 0 Å². The number of carbonyl (C=O) groups is 1. The molecule has 0 spiro atoms. The summed E-state index contributed by atoms with van der Waals surface area (Å²) < 4.78 is 42.4. The number of hydrogen-bond acceptors (Lipinski definition) is 7. The molecule has 1 amide bonds. The second kappa shape index (κ2) is 9.07. The Balaban J connectivity index is 1.34. The van der Waals surface area contributed by atoms with E-state index in [0.29, 0.717) is 5.16 Å². The van der Waals surface area contributed by atoms with Crippen molar-refractivity contribution in [2.75, 3.05) is 31.9 Å². The third kappa shape index (κ3) is 4.52. The van der Waals surface area contributed by atoms with Crippen LogP contribution >= 0.6 is 23.1 Å². The summed E-state index contributed by atoms with van der Waals surface area (Å²) in [4.78, 5) is 14.9. The predicted molar refractivity (Wildman–Crippen MR) is 117 cm³/mol. The molecule has 0 radical (unpaired) electrons. The van der Waals surface area contributed by atoms with Crippen LogP contribution in [0.4, 0.5) is 4.39 Å². The number of thiophene rings is 1. The van der Waals surface area contributed by atoms with Crippen molar-refractivity contribution in [1.29, 1.82) is 0 Å². The standard InChI is InChI=1S/C19H20FN5O3S3/c1-23-18(15-6-4-12-29-15)21-22-19(23)30-13-17(26)24-8-10-25(11-9-24)31(27,28)16-7-3-2-5-14(16)20/h2-7,12H,8-11,13H2,1H3. The molecule has 164 valence electrons. The van der Waals surface area contributed by atoms with E-state index in [-0.39, 0.29) is 42.7 Å². The summed E-state index contributed by atoms with van der Waals surface area (Å²) in [6.45, 7) is 0.762. The van der Waals surface area contributed by atoms with Crippen LogP contribution in [0.15, 0.2) is 51.8 Å². The molecule has 1 aromatic carbocycles. The summed E-state index contributed by atoms with van der Waals surface area (Å²) in [6, 6.07) is 9.22. The maximum absolute atomic E-state index is 13.9. The van der Waals surface area contributed by atoms with Gasteiger partial charge < -0.3 is 9.47 Å². The van der Waals surface area contributed by atoms with Crippen molar-refractivity contribution >= 4 is 39.0 Å². The van der Waals surface area contributed by atoms with Gasteiger partial charge in [0, 0.05) is 33.2 Å². The fraction of sp³-hybridized carbons (Fsp3) is 0.316. The molecule has 0 saturated carbocycles. The van der Waals surface area contributed by atoms with Gasteiger partial charge in [-0.15, -0.1) is 21.5 Å². The maximum atomic E-state index is 13.9. The second-order valence-corrected chi connectivity index (χ2v) is 10.6. The van der Waals surface area contributed by atoms with Crippen molar-refractivity contribution in [1.82, 2.24) is 24.0 Å². The lowest BCUT2D eigenvalue weighted by Gasteiger charge is -2.34. The van der Waals surface area contributed by atoms with E-state index >= 15 is 0 Å². The molecule has 0 aliphatic carbocycles. The number of aromatic nitrogens is 3. The summed E-state index contributed by atoms with van der Waals surface area (Å²) in [5.41, 5.74) is 0. The van der Waals surface area contributed by atoms with Crippen molar-refractivity contribution in [3.05, 3.63) is 47.6 Å². The lowest BCUT2D eigenvalue weighted by atomic mass is 10.3. The molecule has 1 aliphatic heterocycles. The normalized spacial score (nSPS) is 15.4. The highest BCUT2D eigenvalue weighted by atomic mass is 32.2. The molecular weight excluding hydrogens is 461 g/mol. The maximum Gasteiger partial charge on any atom is 0.246 e. The zero-order valence-electron chi connectivity index (χ0n) is 16.6. The van der Waals surface area contributed by atoms with Gasteiger partial charge in [0.15, 0.2) is 11.0 Å². The lowest BCUT2D eigenvalue weighted by Crippen LogP contribution is -2.51. The van der Waals surface area contributed by atoms with Crippen molar-refractivity contribution in [2.24, 2.45) is 7.05 Å². The first-order valence-electron chi connectivity index (χ1n) is 9.46. The zero-order chi connectivity index (χ0) is 22.0. The second-order valence-electron chi connectivity index (χ2n) is 6.85. The number of rotatable bonds is 6. The summed E-state index contributed by atoms with van der Waals surface area (Å²) in [6.07, 6.45) is 0. The van der Waals surface area contributed by atoms with Gasteiger partial charge in [-0.3, -0.25) is 4.79 Å². The highest BCUT2D eigenvalue weighted by molar-refractivity contribution is 7.99. The minimum atomic E-state index is -3.93. The van der Waals surface area contributed by atoms with Crippen molar-refractivity contribution in [3.8, 4) is 10.7 Å². The number of nitrogens with zero attached hydrogens (tertiary/aromatic N) is 5. The van der Waals surface area contributed by atoms with E-state index in [1.807, 2.05) is 29.1 Å². The van der Waals surface area contributed by atoms with Crippen molar-refractivity contribution < 1.29 is 17.6 Å².